The molecule has 2 heteroatoms. The van der Waals surface area contributed by atoms with Crippen LogP contribution in [0.25, 0.3) is 10.9 Å². The third-order valence-electron chi connectivity index (χ3n) is 3.47. The van der Waals surface area contributed by atoms with Crippen LogP contribution in [0.4, 0.5) is 0 Å². The van der Waals surface area contributed by atoms with Crippen molar-refractivity contribution in [1.29, 1.82) is 0 Å². The van der Waals surface area contributed by atoms with Crippen molar-refractivity contribution in [2.75, 3.05) is 0 Å². The molecule has 0 aliphatic carbocycles. The lowest BCUT2D eigenvalue weighted by Crippen LogP contribution is -2.18. The Labute approximate surface area is 116 Å². The lowest BCUT2D eigenvalue weighted by molar-refractivity contribution is 0.591. The maximum atomic E-state index is 5.86. The van der Waals surface area contributed by atoms with Gasteiger partial charge in [0.25, 0.3) is 0 Å². The molecule has 2 aromatic rings. The van der Waals surface area contributed by atoms with Crippen molar-refractivity contribution in [3.05, 3.63) is 41.1 Å². The van der Waals surface area contributed by atoms with Gasteiger partial charge in [0.1, 0.15) is 0 Å². The Hall–Kier alpha value is -1.41. The van der Waals surface area contributed by atoms with Gasteiger partial charge in [-0.1, -0.05) is 26.8 Å². The maximum Gasteiger partial charge on any atom is 0.0708 e. The first-order valence-electron chi connectivity index (χ1n) is 6.94. The lowest BCUT2D eigenvalue weighted by atomic mass is 9.86. The van der Waals surface area contributed by atoms with Gasteiger partial charge in [-0.2, -0.15) is 0 Å². The Kier molecular flexibility index (Phi) is 3.64. The van der Waals surface area contributed by atoms with Gasteiger partial charge in [0.05, 0.1) is 5.52 Å². The van der Waals surface area contributed by atoms with Gasteiger partial charge >= 0.3 is 0 Å². The average molecular weight is 256 g/mol. The molecule has 102 valence electrons. The van der Waals surface area contributed by atoms with Crippen molar-refractivity contribution in [2.45, 2.75) is 52.5 Å². The summed E-state index contributed by atoms with van der Waals surface area (Å²) < 4.78 is 0. The van der Waals surface area contributed by atoms with Crippen molar-refractivity contribution >= 4 is 10.9 Å². The first-order valence-corrected chi connectivity index (χ1v) is 6.94. The molecule has 2 nitrogen and oxygen atoms in total. The Morgan fingerprint density at radius 3 is 2.47 bits per heavy atom. The highest BCUT2D eigenvalue weighted by Crippen LogP contribution is 2.27. The quantitative estimate of drug-likeness (QED) is 0.889. The van der Waals surface area contributed by atoms with Crippen LogP contribution in [0.2, 0.25) is 0 Å². The zero-order valence-corrected chi connectivity index (χ0v) is 12.6. The van der Waals surface area contributed by atoms with Crippen LogP contribution in [-0.4, -0.2) is 11.0 Å². The smallest absolute Gasteiger partial charge is 0.0708 e. The molecule has 0 radical (unpaired) electrons. The molecule has 0 aliphatic heterocycles. The summed E-state index contributed by atoms with van der Waals surface area (Å²) in [7, 11) is 0. The monoisotopic (exact) mass is 256 g/mol. The van der Waals surface area contributed by atoms with E-state index >= 15 is 0 Å². The largest absolute Gasteiger partial charge is 0.328 e. The highest BCUT2D eigenvalue weighted by molar-refractivity contribution is 5.83. The highest BCUT2D eigenvalue weighted by Gasteiger charge is 2.15. The van der Waals surface area contributed by atoms with Crippen LogP contribution in [0.1, 0.15) is 44.5 Å². The fraction of sp³-hybridized carbons (Fsp3) is 0.471. The summed E-state index contributed by atoms with van der Waals surface area (Å²) in [5.74, 6) is 0. The summed E-state index contributed by atoms with van der Waals surface area (Å²) in [6.45, 7) is 10.9. The van der Waals surface area contributed by atoms with E-state index in [1.165, 1.54) is 16.5 Å². The van der Waals surface area contributed by atoms with E-state index in [0.717, 1.165) is 17.6 Å². The van der Waals surface area contributed by atoms with Crippen LogP contribution in [0.15, 0.2) is 24.3 Å². The molecule has 19 heavy (non-hydrogen) atoms. The Balaban J connectivity index is 2.54. The first kappa shape index (κ1) is 14.0. The average Bonchev–Trinajstić information content (AvgIpc) is 2.26. The Bertz CT molecular complexity index is 592. The molecule has 0 spiro atoms. The van der Waals surface area contributed by atoms with Crippen LogP contribution in [-0.2, 0) is 11.8 Å². The molecule has 1 heterocycles. The number of pyridine rings is 1. The summed E-state index contributed by atoms with van der Waals surface area (Å²) in [5.41, 5.74) is 10.8. The molecular formula is C17H24N2. The number of rotatable bonds is 2. The van der Waals surface area contributed by atoms with Crippen LogP contribution in [0, 0.1) is 6.92 Å². The Morgan fingerprint density at radius 1 is 1.21 bits per heavy atom. The molecule has 1 aromatic carbocycles. The lowest BCUT2D eigenvalue weighted by Gasteiger charge is -2.20. The second-order valence-corrected chi connectivity index (χ2v) is 6.59. The third-order valence-corrected chi connectivity index (χ3v) is 3.47. The maximum absolute atomic E-state index is 5.86. The van der Waals surface area contributed by atoms with Crippen molar-refractivity contribution in [1.82, 2.24) is 4.98 Å². The van der Waals surface area contributed by atoms with E-state index in [-0.39, 0.29) is 11.5 Å². The topological polar surface area (TPSA) is 38.9 Å². The van der Waals surface area contributed by atoms with Crippen LogP contribution in [0.3, 0.4) is 0 Å². The molecule has 0 bridgehead atoms. The van der Waals surface area contributed by atoms with Crippen LogP contribution in [0.5, 0.6) is 0 Å². The number of aromatic nitrogens is 1. The van der Waals surface area contributed by atoms with E-state index in [4.69, 9.17) is 10.7 Å². The summed E-state index contributed by atoms with van der Waals surface area (Å²) in [4.78, 5) is 4.72. The van der Waals surface area contributed by atoms with Gasteiger partial charge < -0.3 is 5.73 Å². The van der Waals surface area contributed by atoms with Gasteiger partial charge in [0.2, 0.25) is 0 Å². The van der Waals surface area contributed by atoms with Crippen molar-refractivity contribution < 1.29 is 0 Å². The standard InChI is InChI=1S/C17H24N2/c1-11-8-14(9-12(2)18)19-16-7-6-13(10-15(11)16)17(3,4)5/h6-8,10,12H,9,18H2,1-5H3. The molecule has 0 amide bonds. The summed E-state index contributed by atoms with van der Waals surface area (Å²) in [6, 6.07) is 8.90. The molecule has 0 fully saturated rings. The number of nitrogens with zero attached hydrogens (tertiary/aromatic N) is 1. The highest BCUT2D eigenvalue weighted by atomic mass is 14.7. The molecule has 2 N–H and O–H groups in total. The molecule has 0 saturated carbocycles. The van der Waals surface area contributed by atoms with E-state index < -0.39 is 0 Å². The SMILES string of the molecule is Cc1cc(CC(C)N)nc2ccc(C(C)(C)C)cc12. The van der Waals surface area contributed by atoms with Gasteiger partial charge in [-0.05, 0) is 48.6 Å². The predicted molar refractivity (Wildman–Crippen MR) is 82.5 cm³/mol. The van der Waals surface area contributed by atoms with Crippen molar-refractivity contribution in [3.63, 3.8) is 0 Å². The number of nitrogens with two attached hydrogens (primary N) is 1. The molecule has 0 aliphatic rings. The first-order chi connectivity index (χ1) is 8.77. The zero-order valence-electron chi connectivity index (χ0n) is 12.6. The number of hydrogen-bond acceptors (Lipinski definition) is 2. The van der Waals surface area contributed by atoms with Crippen molar-refractivity contribution in [3.8, 4) is 0 Å². The normalized spacial score (nSPS) is 13.8. The molecule has 2 rings (SSSR count). The summed E-state index contributed by atoms with van der Waals surface area (Å²) in [6.07, 6.45) is 0.831. The number of aryl methyl sites for hydroxylation is 1. The van der Waals surface area contributed by atoms with Crippen LogP contribution >= 0.6 is 0 Å². The molecule has 1 unspecified atom stereocenters. The second-order valence-electron chi connectivity index (χ2n) is 6.59. The summed E-state index contributed by atoms with van der Waals surface area (Å²) >= 11 is 0. The number of fused-ring (bicyclic) bond motifs is 1. The minimum Gasteiger partial charge on any atom is -0.328 e. The molecule has 1 atom stereocenters. The number of hydrogen-bond donors (Lipinski definition) is 1. The van der Waals surface area contributed by atoms with E-state index in [0.29, 0.717) is 0 Å². The van der Waals surface area contributed by atoms with E-state index in [2.05, 4.69) is 52.0 Å². The molecule has 0 saturated heterocycles. The number of benzene rings is 1. The van der Waals surface area contributed by atoms with Gasteiger partial charge in [0.15, 0.2) is 0 Å². The van der Waals surface area contributed by atoms with E-state index in [1.54, 1.807) is 0 Å². The van der Waals surface area contributed by atoms with Gasteiger partial charge in [-0.25, -0.2) is 0 Å². The second kappa shape index (κ2) is 4.93. The minimum atomic E-state index is 0.151. The van der Waals surface area contributed by atoms with Gasteiger partial charge in [0, 0.05) is 23.5 Å². The molecular weight excluding hydrogens is 232 g/mol. The van der Waals surface area contributed by atoms with Gasteiger partial charge in [-0.3, -0.25) is 4.98 Å². The van der Waals surface area contributed by atoms with Crippen molar-refractivity contribution in [2.24, 2.45) is 5.73 Å². The van der Waals surface area contributed by atoms with E-state index in [1.807, 2.05) is 6.92 Å². The van der Waals surface area contributed by atoms with E-state index in [9.17, 15) is 0 Å². The third kappa shape index (κ3) is 3.13. The predicted octanol–water partition coefficient (Wildman–Crippen LogP) is 3.73. The van der Waals surface area contributed by atoms with Crippen LogP contribution < -0.4 is 5.73 Å². The van der Waals surface area contributed by atoms with Gasteiger partial charge in [-0.15, -0.1) is 0 Å². The Morgan fingerprint density at radius 2 is 1.89 bits per heavy atom. The minimum absolute atomic E-state index is 0.151. The fourth-order valence-electron chi connectivity index (χ4n) is 2.37. The zero-order chi connectivity index (χ0) is 14.2. The fourth-order valence-corrected chi connectivity index (χ4v) is 2.37. The summed E-state index contributed by atoms with van der Waals surface area (Å²) in [5, 5.41) is 1.25. The molecule has 1 aromatic heterocycles.